The van der Waals surface area contributed by atoms with E-state index in [1.807, 2.05) is 30.3 Å². The third-order valence-electron chi connectivity index (χ3n) is 2.68. The zero-order chi connectivity index (χ0) is 12.9. The van der Waals surface area contributed by atoms with Crippen molar-refractivity contribution in [3.8, 4) is 0 Å². The predicted octanol–water partition coefficient (Wildman–Crippen LogP) is 2.24. The summed E-state index contributed by atoms with van der Waals surface area (Å²) in [4.78, 5) is 11.7. The molecule has 1 unspecified atom stereocenters. The van der Waals surface area contributed by atoms with Crippen LogP contribution in [0, 0.1) is 5.41 Å². The summed E-state index contributed by atoms with van der Waals surface area (Å²) in [7, 11) is 0. The van der Waals surface area contributed by atoms with Gasteiger partial charge in [0.2, 0.25) is 5.91 Å². The molecule has 0 aliphatic heterocycles. The average Bonchev–Trinajstić information content (AvgIpc) is 2.26. The van der Waals surface area contributed by atoms with Gasteiger partial charge in [0.25, 0.3) is 0 Å². The Morgan fingerprint density at radius 3 is 2.35 bits per heavy atom. The number of nitrogens with one attached hydrogen (secondary N) is 1. The second-order valence-corrected chi connectivity index (χ2v) is 5.32. The fourth-order valence-electron chi connectivity index (χ4n) is 1.81. The highest BCUT2D eigenvalue weighted by atomic mass is 16.1. The molecule has 0 aliphatic carbocycles. The Labute approximate surface area is 103 Å². The van der Waals surface area contributed by atoms with Crippen molar-refractivity contribution in [1.29, 1.82) is 0 Å². The van der Waals surface area contributed by atoms with Crippen molar-refractivity contribution in [1.82, 2.24) is 5.32 Å². The van der Waals surface area contributed by atoms with Gasteiger partial charge in [-0.05, 0) is 11.0 Å². The first kappa shape index (κ1) is 13.7. The zero-order valence-corrected chi connectivity index (χ0v) is 10.9. The molecule has 0 bridgehead atoms. The lowest BCUT2D eigenvalue weighted by Gasteiger charge is -2.32. The highest BCUT2D eigenvalue weighted by Crippen LogP contribution is 2.32. The van der Waals surface area contributed by atoms with E-state index in [1.165, 1.54) is 0 Å². The molecule has 94 valence electrons. The standard InChI is InChI=1S/C14H22N2O/c1-14(2,3)13(16-12(17)9-10-15)11-7-5-4-6-8-11/h4-8,13H,9-10,15H2,1-3H3,(H,16,17). The minimum atomic E-state index is -0.0222. The van der Waals surface area contributed by atoms with E-state index in [0.29, 0.717) is 13.0 Å². The molecule has 1 amide bonds. The molecule has 0 saturated heterocycles. The molecule has 3 N–H and O–H groups in total. The quantitative estimate of drug-likeness (QED) is 0.839. The normalized spacial score (nSPS) is 13.2. The Hall–Kier alpha value is -1.35. The minimum absolute atomic E-state index is 0.0104. The molecule has 0 heterocycles. The van der Waals surface area contributed by atoms with Gasteiger partial charge in [-0.2, -0.15) is 0 Å². The smallest absolute Gasteiger partial charge is 0.221 e. The Balaban J connectivity index is 2.87. The second-order valence-electron chi connectivity index (χ2n) is 5.32. The van der Waals surface area contributed by atoms with Crippen molar-refractivity contribution in [3.05, 3.63) is 35.9 Å². The van der Waals surface area contributed by atoms with E-state index in [-0.39, 0.29) is 17.4 Å². The van der Waals surface area contributed by atoms with Gasteiger partial charge in [-0.1, -0.05) is 51.1 Å². The van der Waals surface area contributed by atoms with Crippen LogP contribution in [0.15, 0.2) is 30.3 Å². The molecule has 0 saturated carbocycles. The van der Waals surface area contributed by atoms with Gasteiger partial charge in [-0.15, -0.1) is 0 Å². The van der Waals surface area contributed by atoms with Gasteiger partial charge in [0.05, 0.1) is 6.04 Å². The van der Waals surface area contributed by atoms with Crippen LogP contribution in [0.1, 0.15) is 38.8 Å². The van der Waals surface area contributed by atoms with Crippen molar-refractivity contribution < 1.29 is 4.79 Å². The Morgan fingerprint density at radius 2 is 1.88 bits per heavy atom. The van der Waals surface area contributed by atoms with Gasteiger partial charge >= 0.3 is 0 Å². The van der Waals surface area contributed by atoms with Crippen molar-refractivity contribution in [2.75, 3.05) is 6.54 Å². The summed E-state index contributed by atoms with van der Waals surface area (Å²) in [6.45, 7) is 6.74. The lowest BCUT2D eigenvalue weighted by Crippen LogP contribution is -2.37. The van der Waals surface area contributed by atoms with Gasteiger partial charge in [-0.3, -0.25) is 4.79 Å². The molecule has 3 heteroatoms. The maximum absolute atomic E-state index is 11.7. The fourth-order valence-corrected chi connectivity index (χ4v) is 1.81. The number of carbonyl (C=O) groups is 1. The average molecular weight is 234 g/mol. The van der Waals surface area contributed by atoms with Crippen LogP contribution < -0.4 is 11.1 Å². The molecule has 0 aliphatic rings. The summed E-state index contributed by atoms with van der Waals surface area (Å²) in [5.41, 5.74) is 6.50. The molecule has 1 rings (SSSR count). The van der Waals surface area contributed by atoms with Gasteiger partial charge in [0, 0.05) is 13.0 Å². The van der Waals surface area contributed by atoms with E-state index in [4.69, 9.17) is 5.73 Å². The van der Waals surface area contributed by atoms with Crippen LogP contribution >= 0.6 is 0 Å². The number of hydrogen-bond acceptors (Lipinski definition) is 2. The zero-order valence-electron chi connectivity index (χ0n) is 10.9. The van der Waals surface area contributed by atoms with Gasteiger partial charge in [0.15, 0.2) is 0 Å². The van der Waals surface area contributed by atoms with E-state index in [1.54, 1.807) is 0 Å². The monoisotopic (exact) mass is 234 g/mol. The first-order valence-corrected chi connectivity index (χ1v) is 5.99. The summed E-state index contributed by atoms with van der Waals surface area (Å²) in [5.74, 6) is 0.0104. The van der Waals surface area contributed by atoms with Crippen LogP contribution in [0.5, 0.6) is 0 Å². The Kier molecular flexibility index (Phi) is 4.70. The third kappa shape index (κ3) is 4.19. The van der Waals surface area contributed by atoms with E-state index in [9.17, 15) is 4.79 Å². The van der Waals surface area contributed by atoms with E-state index in [2.05, 4.69) is 26.1 Å². The molecule has 1 aromatic rings. The fraction of sp³-hybridized carbons (Fsp3) is 0.500. The van der Waals surface area contributed by atoms with Crippen LogP contribution in [0.2, 0.25) is 0 Å². The second kappa shape index (κ2) is 5.82. The van der Waals surface area contributed by atoms with Crippen LogP contribution in [0.4, 0.5) is 0 Å². The number of nitrogens with two attached hydrogens (primary N) is 1. The maximum Gasteiger partial charge on any atom is 0.221 e. The Morgan fingerprint density at radius 1 is 1.29 bits per heavy atom. The van der Waals surface area contributed by atoms with E-state index >= 15 is 0 Å². The SMILES string of the molecule is CC(C)(C)C(NC(=O)CCN)c1ccccc1. The largest absolute Gasteiger partial charge is 0.349 e. The van der Waals surface area contributed by atoms with Crippen LogP contribution in [-0.4, -0.2) is 12.5 Å². The number of hydrogen-bond donors (Lipinski definition) is 2. The summed E-state index contributed by atoms with van der Waals surface area (Å²) in [6, 6.07) is 10.1. The number of rotatable bonds is 4. The van der Waals surface area contributed by atoms with Crippen molar-refractivity contribution in [2.45, 2.75) is 33.2 Å². The molecule has 1 aromatic carbocycles. The topological polar surface area (TPSA) is 55.1 Å². The number of amides is 1. The Bertz CT molecular complexity index is 354. The third-order valence-corrected chi connectivity index (χ3v) is 2.68. The van der Waals surface area contributed by atoms with Crippen molar-refractivity contribution in [2.24, 2.45) is 11.1 Å². The van der Waals surface area contributed by atoms with Gasteiger partial charge in [0.1, 0.15) is 0 Å². The minimum Gasteiger partial charge on any atom is -0.349 e. The van der Waals surface area contributed by atoms with E-state index < -0.39 is 0 Å². The highest BCUT2D eigenvalue weighted by molar-refractivity contribution is 5.76. The van der Waals surface area contributed by atoms with E-state index in [0.717, 1.165) is 5.56 Å². The molecule has 17 heavy (non-hydrogen) atoms. The van der Waals surface area contributed by atoms with Crippen LogP contribution in [0.3, 0.4) is 0 Å². The van der Waals surface area contributed by atoms with Crippen molar-refractivity contribution in [3.63, 3.8) is 0 Å². The van der Waals surface area contributed by atoms with Gasteiger partial charge in [-0.25, -0.2) is 0 Å². The first-order chi connectivity index (χ1) is 7.95. The summed E-state index contributed by atoms with van der Waals surface area (Å²) >= 11 is 0. The summed E-state index contributed by atoms with van der Waals surface area (Å²) in [6.07, 6.45) is 0.374. The first-order valence-electron chi connectivity index (χ1n) is 5.99. The molecule has 3 nitrogen and oxygen atoms in total. The molecule has 1 atom stereocenters. The number of carbonyl (C=O) groups excluding carboxylic acids is 1. The molecular weight excluding hydrogens is 212 g/mol. The lowest BCUT2D eigenvalue weighted by molar-refractivity contribution is -0.122. The maximum atomic E-state index is 11.7. The highest BCUT2D eigenvalue weighted by Gasteiger charge is 2.27. The number of benzene rings is 1. The van der Waals surface area contributed by atoms with Crippen LogP contribution in [0.25, 0.3) is 0 Å². The molecule has 0 fully saturated rings. The van der Waals surface area contributed by atoms with Crippen LogP contribution in [-0.2, 0) is 4.79 Å². The molecule has 0 radical (unpaired) electrons. The summed E-state index contributed by atoms with van der Waals surface area (Å²) in [5, 5.41) is 3.06. The van der Waals surface area contributed by atoms with Gasteiger partial charge < -0.3 is 11.1 Å². The van der Waals surface area contributed by atoms with Crippen molar-refractivity contribution >= 4 is 5.91 Å². The summed E-state index contributed by atoms with van der Waals surface area (Å²) < 4.78 is 0. The molecule has 0 spiro atoms. The molecular formula is C14H22N2O. The molecule has 0 aromatic heterocycles. The lowest BCUT2D eigenvalue weighted by atomic mass is 9.82. The predicted molar refractivity (Wildman–Crippen MR) is 70.5 cm³/mol.